The van der Waals surface area contributed by atoms with Gasteiger partial charge in [0.15, 0.2) is 21.3 Å². The molecule has 1 aromatic heterocycles. The third-order valence-corrected chi connectivity index (χ3v) is 7.53. The molecule has 1 saturated heterocycles. The first-order valence-electron chi connectivity index (χ1n) is 11.7. The van der Waals surface area contributed by atoms with Gasteiger partial charge in [-0.3, -0.25) is 4.79 Å². The molecule has 2 atom stereocenters. The predicted molar refractivity (Wildman–Crippen MR) is 132 cm³/mol. The molecule has 0 spiro atoms. The van der Waals surface area contributed by atoms with Crippen LogP contribution in [0.25, 0.3) is 10.9 Å². The lowest BCUT2D eigenvalue weighted by atomic mass is 9.97. The molecule has 2 aromatic carbocycles. The summed E-state index contributed by atoms with van der Waals surface area (Å²) in [6.07, 6.45) is 2.54. The molecule has 184 valence electrons. The van der Waals surface area contributed by atoms with Gasteiger partial charge < -0.3 is 19.7 Å². The molecule has 1 amide bonds. The number of aryl methyl sites for hydroxylation is 1. The van der Waals surface area contributed by atoms with Crippen molar-refractivity contribution in [1.82, 2.24) is 15.3 Å². The lowest BCUT2D eigenvalue weighted by Crippen LogP contribution is -2.47. The maximum absolute atomic E-state index is 13.0. The average molecular weight is 497 g/mol. The van der Waals surface area contributed by atoms with Crippen molar-refractivity contribution >= 4 is 32.6 Å². The number of sulfone groups is 1. The highest BCUT2D eigenvalue weighted by molar-refractivity contribution is 7.90. The third-order valence-electron chi connectivity index (χ3n) is 6.42. The number of piperidine rings is 1. The van der Waals surface area contributed by atoms with Crippen molar-refractivity contribution in [2.45, 2.75) is 30.8 Å². The maximum atomic E-state index is 13.0. The Hall–Kier alpha value is -3.40. The lowest BCUT2D eigenvalue weighted by molar-refractivity contribution is -0.125. The second kappa shape index (κ2) is 9.33. The molecule has 10 heteroatoms. The van der Waals surface area contributed by atoms with Gasteiger partial charge in [0, 0.05) is 24.7 Å². The molecule has 0 radical (unpaired) electrons. The summed E-state index contributed by atoms with van der Waals surface area (Å²) < 4.78 is 35.6. The van der Waals surface area contributed by atoms with Gasteiger partial charge in [-0.1, -0.05) is 12.1 Å². The average Bonchev–Trinajstić information content (AvgIpc) is 2.86. The van der Waals surface area contributed by atoms with Crippen LogP contribution in [0.1, 0.15) is 18.5 Å². The van der Waals surface area contributed by atoms with Gasteiger partial charge >= 0.3 is 0 Å². The van der Waals surface area contributed by atoms with E-state index in [1.54, 1.807) is 18.2 Å². The van der Waals surface area contributed by atoms with Crippen molar-refractivity contribution in [1.29, 1.82) is 0 Å². The minimum atomic E-state index is -3.34. The predicted octanol–water partition coefficient (Wildman–Crippen LogP) is 2.51. The summed E-state index contributed by atoms with van der Waals surface area (Å²) in [6, 6.07) is 12.4. The number of amides is 1. The number of hydrogen-bond acceptors (Lipinski definition) is 8. The van der Waals surface area contributed by atoms with E-state index in [-0.39, 0.29) is 22.8 Å². The van der Waals surface area contributed by atoms with Gasteiger partial charge in [0.2, 0.25) is 11.9 Å². The quantitative estimate of drug-likeness (QED) is 0.574. The zero-order chi connectivity index (χ0) is 24.6. The van der Waals surface area contributed by atoms with E-state index in [2.05, 4.69) is 15.3 Å². The van der Waals surface area contributed by atoms with Crippen LogP contribution in [0.5, 0.6) is 11.5 Å². The topological polar surface area (TPSA) is 111 Å². The fourth-order valence-corrected chi connectivity index (χ4v) is 5.16. The first-order chi connectivity index (χ1) is 16.8. The highest BCUT2D eigenvalue weighted by Crippen LogP contribution is 2.31. The highest BCUT2D eigenvalue weighted by Gasteiger charge is 2.29. The number of para-hydroxylation sites is 2. The summed E-state index contributed by atoms with van der Waals surface area (Å²) in [6.45, 7) is 3.85. The summed E-state index contributed by atoms with van der Waals surface area (Å²) in [5, 5.41) is 3.82. The van der Waals surface area contributed by atoms with E-state index in [9.17, 15) is 13.2 Å². The van der Waals surface area contributed by atoms with Crippen LogP contribution in [-0.4, -0.2) is 62.9 Å². The smallest absolute Gasteiger partial charge is 0.226 e. The first-order valence-corrected chi connectivity index (χ1v) is 13.6. The molecule has 0 unspecified atom stereocenters. The Bertz CT molecular complexity index is 1380. The molecule has 3 aromatic rings. The number of nitrogens with one attached hydrogen (secondary N) is 1. The molecular formula is C25H28N4O5S. The van der Waals surface area contributed by atoms with Gasteiger partial charge in [-0.05, 0) is 50.1 Å². The Morgan fingerprint density at radius 1 is 1.17 bits per heavy atom. The summed E-state index contributed by atoms with van der Waals surface area (Å²) in [5.74, 6) is 1.67. The van der Waals surface area contributed by atoms with Crippen molar-refractivity contribution in [3.63, 3.8) is 0 Å². The van der Waals surface area contributed by atoms with Gasteiger partial charge in [-0.25, -0.2) is 18.4 Å². The van der Waals surface area contributed by atoms with Crippen molar-refractivity contribution in [2.24, 2.45) is 5.92 Å². The van der Waals surface area contributed by atoms with Crippen LogP contribution in [0, 0.1) is 12.8 Å². The number of carbonyl (C=O) groups excluding carboxylic acids is 1. The van der Waals surface area contributed by atoms with Gasteiger partial charge in [0.25, 0.3) is 0 Å². The standard InChI is InChI=1S/C25H28N4O5S/c1-16-20-10-9-19(35(2,31)32)12-21(20)28-25(27-16)29-11-5-6-17(14-29)24(30)26-13-18-15-33-22-7-3-4-8-23(22)34-18/h3-4,7-10,12,17-18H,5-6,11,13-15H2,1-2H3,(H,26,30)/t17-,18-/m1/s1. The normalized spacial score (nSPS) is 20.0. The summed E-state index contributed by atoms with van der Waals surface area (Å²) in [7, 11) is -3.34. The molecule has 35 heavy (non-hydrogen) atoms. The molecule has 0 aliphatic carbocycles. The Morgan fingerprint density at radius 2 is 1.97 bits per heavy atom. The van der Waals surface area contributed by atoms with E-state index in [0.717, 1.165) is 30.5 Å². The maximum Gasteiger partial charge on any atom is 0.226 e. The number of anilines is 1. The van der Waals surface area contributed by atoms with Crippen LogP contribution in [0.2, 0.25) is 0 Å². The molecule has 5 rings (SSSR count). The number of benzene rings is 2. The van der Waals surface area contributed by atoms with E-state index in [4.69, 9.17) is 9.47 Å². The lowest BCUT2D eigenvalue weighted by Gasteiger charge is -2.33. The number of carbonyl (C=O) groups is 1. The number of rotatable bonds is 5. The van der Waals surface area contributed by atoms with Crippen LogP contribution in [0.4, 0.5) is 5.95 Å². The fraction of sp³-hybridized carbons (Fsp3) is 0.400. The number of aromatic nitrogens is 2. The molecule has 9 nitrogen and oxygen atoms in total. The summed E-state index contributed by atoms with van der Waals surface area (Å²) >= 11 is 0. The number of fused-ring (bicyclic) bond motifs is 2. The Morgan fingerprint density at radius 3 is 2.77 bits per heavy atom. The van der Waals surface area contributed by atoms with E-state index in [1.807, 2.05) is 36.1 Å². The Kier molecular flexibility index (Phi) is 6.22. The van der Waals surface area contributed by atoms with Crippen LogP contribution >= 0.6 is 0 Å². The molecule has 2 aliphatic rings. The van der Waals surface area contributed by atoms with E-state index < -0.39 is 9.84 Å². The molecule has 0 bridgehead atoms. The monoisotopic (exact) mass is 496 g/mol. The fourth-order valence-electron chi connectivity index (χ4n) is 4.52. The number of nitrogens with zero attached hydrogens (tertiary/aromatic N) is 3. The van der Waals surface area contributed by atoms with Crippen molar-refractivity contribution < 1.29 is 22.7 Å². The van der Waals surface area contributed by atoms with Crippen molar-refractivity contribution in [2.75, 3.05) is 37.4 Å². The second-order valence-electron chi connectivity index (χ2n) is 9.09. The Balaban J connectivity index is 1.26. The minimum absolute atomic E-state index is 0.0333. The minimum Gasteiger partial charge on any atom is -0.486 e. The zero-order valence-corrected chi connectivity index (χ0v) is 20.5. The van der Waals surface area contributed by atoms with Crippen LogP contribution in [0.3, 0.4) is 0 Å². The van der Waals surface area contributed by atoms with E-state index in [0.29, 0.717) is 42.7 Å². The molecule has 3 heterocycles. The van der Waals surface area contributed by atoms with Crippen LogP contribution in [0.15, 0.2) is 47.4 Å². The van der Waals surface area contributed by atoms with Gasteiger partial charge in [0.1, 0.15) is 12.7 Å². The molecule has 2 aliphatic heterocycles. The third kappa shape index (κ3) is 5.02. The summed E-state index contributed by atoms with van der Waals surface area (Å²) in [4.78, 5) is 24.5. The largest absolute Gasteiger partial charge is 0.486 e. The molecule has 1 fully saturated rings. The van der Waals surface area contributed by atoms with Crippen LogP contribution < -0.4 is 19.7 Å². The van der Waals surface area contributed by atoms with Crippen molar-refractivity contribution in [3.8, 4) is 11.5 Å². The van der Waals surface area contributed by atoms with Crippen molar-refractivity contribution in [3.05, 3.63) is 48.2 Å². The molecule has 1 N–H and O–H groups in total. The molecular weight excluding hydrogens is 468 g/mol. The number of hydrogen-bond donors (Lipinski definition) is 1. The highest BCUT2D eigenvalue weighted by atomic mass is 32.2. The van der Waals surface area contributed by atoms with Gasteiger partial charge in [-0.2, -0.15) is 0 Å². The van der Waals surface area contributed by atoms with E-state index in [1.165, 1.54) is 6.26 Å². The van der Waals surface area contributed by atoms with E-state index >= 15 is 0 Å². The van der Waals surface area contributed by atoms with Crippen LogP contribution in [-0.2, 0) is 14.6 Å². The van der Waals surface area contributed by atoms with Gasteiger partial charge in [-0.15, -0.1) is 0 Å². The Labute approximate surface area is 204 Å². The number of ether oxygens (including phenoxy) is 2. The first kappa shape index (κ1) is 23.3. The summed E-state index contributed by atoms with van der Waals surface area (Å²) in [5.41, 5.74) is 1.35. The second-order valence-corrected chi connectivity index (χ2v) is 11.1. The molecule has 0 saturated carbocycles. The zero-order valence-electron chi connectivity index (χ0n) is 19.7. The SMILES string of the molecule is Cc1nc(N2CCC[C@@H](C(=O)NC[C@@H]3COc4ccccc4O3)C2)nc2cc(S(C)(=O)=O)ccc12. The van der Waals surface area contributed by atoms with Gasteiger partial charge in [0.05, 0.1) is 28.6 Å².